The Morgan fingerprint density at radius 1 is 1.31 bits per heavy atom. The molecule has 0 unspecified atom stereocenters. The molecule has 0 aliphatic carbocycles. The summed E-state index contributed by atoms with van der Waals surface area (Å²) in [6.07, 6.45) is 1.64. The number of hydrogen-bond acceptors (Lipinski definition) is 4. The molecule has 0 aliphatic rings. The molecule has 0 aliphatic heterocycles. The third kappa shape index (κ3) is 2.80. The van der Waals surface area contributed by atoms with Gasteiger partial charge < -0.3 is 14.2 Å². The van der Waals surface area contributed by atoms with Gasteiger partial charge in [0, 0.05) is 0 Å². The van der Waals surface area contributed by atoms with Crippen LogP contribution < -0.4 is 0 Å². The van der Waals surface area contributed by atoms with E-state index in [0.29, 0.717) is 0 Å². The highest BCUT2D eigenvalue weighted by Crippen LogP contribution is 2.55. The van der Waals surface area contributed by atoms with Gasteiger partial charge in [0.15, 0.2) is 5.31 Å². The third-order valence-corrected chi connectivity index (χ3v) is 2.71. The lowest BCUT2D eigenvalue weighted by molar-refractivity contribution is -0.132. The molecule has 0 heterocycles. The van der Waals surface area contributed by atoms with E-state index in [4.69, 9.17) is 5.11 Å². The second kappa shape index (κ2) is 4.52. The van der Waals surface area contributed by atoms with Crippen molar-refractivity contribution in [3.05, 3.63) is 37.6 Å². The summed E-state index contributed by atoms with van der Waals surface area (Å²) in [4.78, 5) is 10.4. The van der Waals surface area contributed by atoms with Gasteiger partial charge in [0.1, 0.15) is 0 Å². The predicted octanol–water partition coefficient (Wildman–Crippen LogP) is 2.10. The Morgan fingerprint density at radius 2 is 1.69 bits per heavy atom. The zero-order valence-electron chi connectivity index (χ0n) is 6.80. The van der Waals surface area contributed by atoms with Crippen molar-refractivity contribution in [1.29, 1.82) is 0 Å². The van der Waals surface area contributed by atoms with Gasteiger partial charge >= 0.3 is 13.6 Å². The average Bonchev–Trinajstić information content (AvgIpc) is 2.03. The van der Waals surface area contributed by atoms with Gasteiger partial charge in [-0.2, -0.15) is 0 Å². The molecule has 0 fully saturated rings. The second-order valence-electron chi connectivity index (χ2n) is 1.79. The number of rotatable bonds is 6. The Balaban J connectivity index is 4.88. The standard InChI is InChI=1S/C7H9O5P/c1-4-11-13(10,12-5-2)6(3)7(8)9/h4-5H,1-3H2,(H,8,9). The summed E-state index contributed by atoms with van der Waals surface area (Å²) in [5.41, 5.74) is 0. The van der Waals surface area contributed by atoms with Crippen LogP contribution in [0.3, 0.4) is 0 Å². The molecule has 0 amide bonds. The minimum Gasteiger partial charge on any atom is -0.477 e. The lowest BCUT2D eigenvalue weighted by Crippen LogP contribution is -2.02. The fraction of sp³-hybridized carbons (Fsp3) is 0. The van der Waals surface area contributed by atoms with Crippen LogP contribution in [0.25, 0.3) is 0 Å². The van der Waals surface area contributed by atoms with Gasteiger partial charge in [-0.1, -0.05) is 19.7 Å². The number of carboxylic acids is 1. The Kier molecular flexibility index (Phi) is 4.01. The van der Waals surface area contributed by atoms with Crippen LogP contribution in [-0.4, -0.2) is 11.1 Å². The van der Waals surface area contributed by atoms with Crippen molar-refractivity contribution in [3.8, 4) is 0 Å². The maximum Gasteiger partial charge on any atom is 0.468 e. The molecule has 0 spiro atoms. The molecule has 1 N–H and O–H groups in total. The monoisotopic (exact) mass is 204 g/mol. The van der Waals surface area contributed by atoms with Gasteiger partial charge in [-0.25, -0.2) is 9.36 Å². The summed E-state index contributed by atoms with van der Waals surface area (Å²) in [7, 11) is -3.90. The molecule has 5 nitrogen and oxygen atoms in total. The van der Waals surface area contributed by atoms with E-state index in [-0.39, 0.29) is 0 Å². The number of carbonyl (C=O) groups is 1. The van der Waals surface area contributed by atoms with E-state index in [9.17, 15) is 9.36 Å². The van der Waals surface area contributed by atoms with E-state index in [0.717, 1.165) is 12.5 Å². The van der Waals surface area contributed by atoms with Crippen LogP contribution in [-0.2, 0) is 18.4 Å². The molecule has 0 saturated heterocycles. The summed E-state index contributed by atoms with van der Waals surface area (Å²) in [5.74, 6) is -1.47. The SMILES string of the molecule is C=COP(=O)(OC=C)C(=C)C(=O)O. The molecule has 0 aromatic rings. The summed E-state index contributed by atoms with van der Waals surface area (Å²) < 4.78 is 20.4. The van der Waals surface area contributed by atoms with Crippen molar-refractivity contribution in [2.75, 3.05) is 0 Å². The van der Waals surface area contributed by atoms with E-state index in [2.05, 4.69) is 28.8 Å². The minimum absolute atomic E-state index is 0.674. The smallest absolute Gasteiger partial charge is 0.468 e. The molecule has 0 bridgehead atoms. The van der Waals surface area contributed by atoms with Crippen molar-refractivity contribution in [2.24, 2.45) is 0 Å². The zero-order valence-corrected chi connectivity index (χ0v) is 7.70. The fourth-order valence-corrected chi connectivity index (χ4v) is 1.40. The molecule has 0 atom stereocenters. The van der Waals surface area contributed by atoms with Crippen molar-refractivity contribution < 1.29 is 23.5 Å². The first-order valence-electron chi connectivity index (χ1n) is 3.09. The fourth-order valence-electron chi connectivity index (χ4n) is 0.465. The van der Waals surface area contributed by atoms with Gasteiger partial charge in [0.25, 0.3) is 0 Å². The van der Waals surface area contributed by atoms with Gasteiger partial charge in [-0.05, 0) is 0 Å². The number of hydrogen-bond donors (Lipinski definition) is 1. The summed E-state index contributed by atoms with van der Waals surface area (Å²) in [6, 6.07) is 0. The molecule has 0 rings (SSSR count). The maximum atomic E-state index is 11.5. The van der Waals surface area contributed by atoms with E-state index in [1.165, 1.54) is 0 Å². The molecule has 13 heavy (non-hydrogen) atoms. The lowest BCUT2D eigenvalue weighted by Gasteiger charge is -2.14. The lowest BCUT2D eigenvalue weighted by atomic mass is 10.7. The van der Waals surface area contributed by atoms with E-state index in [1.54, 1.807) is 0 Å². The Bertz CT molecular complexity index is 279. The van der Waals surface area contributed by atoms with E-state index < -0.39 is 18.9 Å². The topological polar surface area (TPSA) is 72.8 Å². The quantitative estimate of drug-likeness (QED) is 0.407. The first-order chi connectivity index (χ1) is 5.98. The molecule has 0 aromatic carbocycles. The van der Waals surface area contributed by atoms with E-state index in [1.807, 2.05) is 0 Å². The Labute approximate surface area is 75.5 Å². The van der Waals surface area contributed by atoms with Crippen molar-refractivity contribution in [3.63, 3.8) is 0 Å². The highest BCUT2D eigenvalue weighted by molar-refractivity contribution is 7.60. The van der Waals surface area contributed by atoms with Crippen molar-refractivity contribution >= 4 is 13.6 Å². The van der Waals surface area contributed by atoms with Crippen LogP contribution in [0, 0.1) is 0 Å². The van der Waals surface area contributed by atoms with Crippen LogP contribution in [0.15, 0.2) is 37.6 Å². The van der Waals surface area contributed by atoms with Crippen LogP contribution in [0.5, 0.6) is 0 Å². The van der Waals surface area contributed by atoms with Gasteiger partial charge in [0.05, 0.1) is 12.5 Å². The van der Waals surface area contributed by atoms with Crippen LogP contribution >= 0.6 is 7.60 Å². The maximum absolute atomic E-state index is 11.5. The number of carboxylic acid groups (broad SMARTS) is 1. The van der Waals surface area contributed by atoms with E-state index >= 15 is 0 Å². The van der Waals surface area contributed by atoms with Gasteiger partial charge in [-0.15, -0.1) is 0 Å². The molecular formula is C7H9O5P. The highest BCUT2D eigenvalue weighted by atomic mass is 31.2. The zero-order chi connectivity index (χ0) is 10.5. The number of aliphatic carboxylic acids is 1. The first-order valence-corrected chi connectivity index (χ1v) is 4.63. The molecule has 6 heteroatoms. The first kappa shape index (κ1) is 11.5. The normalized spacial score (nSPS) is 9.85. The second-order valence-corrected chi connectivity index (χ2v) is 3.75. The Hall–Kier alpha value is -1.48. The predicted molar refractivity (Wildman–Crippen MR) is 46.9 cm³/mol. The Morgan fingerprint density at radius 3 is 1.92 bits per heavy atom. The largest absolute Gasteiger partial charge is 0.477 e. The third-order valence-electron chi connectivity index (χ3n) is 1.00. The summed E-state index contributed by atoms with van der Waals surface area (Å²) in [6.45, 7) is 9.31. The molecule has 72 valence electrons. The molecule has 0 radical (unpaired) electrons. The van der Waals surface area contributed by atoms with Crippen LogP contribution in [0.4, 0.5) is 0 Å². The molecule has 0 saturated carbocycles. The highest BCUT2D eigenvalue weighted by Gasteiger charge is 2.34. The van der Waals surface area contributed by atoms with Crippen LogP contribution in [0.2, 0.25) is 0 Å². The average molecular weight is 204 g/mol. The van der Waals surface area contributed by atoms with Crippen molar-refractivity contribution in [2.45, 2.75) is 0 Å². The van der Waals surface area contributed by atoms with Crippen molar-refractivity contribution in [1.82, 2.24) is 0 Å². The molecule has 0 aromatic heterocycles. The summed E-state index contributed by atoms with van der Waals surface area (Å²) in [5, 5.41) is 7.80. The van der Waals surface area contributed by atoms with Crippen LogP contribution in [0.1, 0.15) is 0 Å². The van der Waals surface area contributed by atoms with Gasteiger partial charge in [-0.3, -0.25) is 0 Å². The summed E-state index contributed by atoms with van der Waals surface area (Å²) >= 11 is 0. The molecular weight excluding hydrogens is 195 g/mol. The minimum atomic E-state index is -3.90. The van der Waals surface area contributed by atoms with Gasteiger partial charge in [0.2, 0.25) is 0 Å².